The summed E-state index contributed by atoms with van der Waals surface area (Å²) in [5.74, 6) is 0. The first-order chi connectivity index (χ1) is 5.04. The minimum Gasteiger partial charge on any atom is -0.337 e. The molecule has 11 heavy (non-hydrogen) atoms. The highest BCUT2D eigenvalue weighted by molar-refractivity contribution is 7.42. The smallest absolute Gasteiger partial charge is 0.275 e. The van der Waals surface area contributed by atoms with Crippen LogP contribution in [-0.2, 0) is 4.84 Å². The standard InChI is InChI=1S/C4H6N3O3P/c1-4(2-5,3-6)10-7-11(8)9/h7-9H,1H3. The van der Waals surface area contributed by atoms with E-state index in [2.05, 4.69) is 4.84 Å². The van der Waals surface area contributed by atoms with Crippen LogP contribution in [0.1, 0.15) is 6.92 Å². The van der Waals surface area contributed by atoms with Crippen LogP contribution < -0.4 is 5.25 Å². The normalized spacial score (nSPS) is 10.7. The van der Waals surface area contributed by atoms with Crippen molar-refractivity contribution in [2.24, 2.45) is 0 Å². The molecule has 0 atom stereocenters. The minimum atomic E-state index is -2.45. The zero-order valence-corrected chi connectivity index (χ0v) is 6.54. The van der Waals surface area contributed by atoms with Crippen molar-refractivity contribution in [1.82, 2.24) is 5.25 Å². The molecule has 0 saturated heterocycles. The topological polar surface area (TPSA) is 109 Å². The largest absolute Gasteiger partial charge is 0.337 e. The number of rotatable bonds is 3. The Hall–Kier alpha value is -0.750. The Labute approximate surface area is 64.6 Å². The molecule has 0 amide bonds. The Morgan fingerprint density at radius 1 is 1.45 bits per heavy atom. The molecule has 0 aromatic carbocycles. The van der Waals surface area contributed by atoms with Crippen LogP contribution in [0.2, 0.25) is 0 Å². The molecule has 3 N–H and O–H groups in total. The second kappa shape index (κ2) is 4.20. The van der Waals surface area contributed by atoms with Gasteiger partial charge in [-0.15, -0.1) is 5.25 Å². The van der Waals surface area contributed by atoms with Crippen molar-refractivity contribution in [2.45, 2.75) is 12.5 Å². The Morgan fingerprint density at radius 2 is 1.91 bits per heavy atom. The minimum absolute atomic E-state index is 1.19. The van der Waals surface area contributed by atoms with Gasteiger partial charge in [-0.2, -0.15) is 10.5 Å². The second-order valence-corrected chi connectivity index (χ2v) is 2.50. The molecule has 60 valence electrons. The third-order valence-corrected chi connectivity index (χ3v) is 1.01. The highest BCUT2D eigenvalue weighted by atomic mass is 31.2. The number of hydrogen-bond acceptors (Lipinski definition) is 6. The van der Waals surface area contributed by atoms with E-state index in [4.69, 9.17) is 20.3 Å². The van der Waals surface area contributed by atoms with Crippen LogP contribution in [0.3, 0.4) is 0 Å². The van der Waals surface area contributed by atoms with Crippen molar-refractivity contribution in [2.75, 3.05) is 0 Å². The van der Waals surface area contributed by atoms with Gasteiger partial charge in [-0.3, -0.25) is 4.84 Å². The van der Waals surface area contributed by atoms with Crippen molar-refractivity contribution >= 4 is 8.53 Å². The van der Waals surface area contributed by atoms with Crippen LogP contribution in [0.15, 0.2) is 0 Å². The van der Waals surface area contributed by atoms with Gasteiger partial charge in [0.1, 0.15) is 12.1 Å². The van der Waals surface area contributed by atoms with Crippen LogP contribution in [-0.4, -0.2) is 15.4 Å². The van der Waals surface area contributed by atoms with Crippen molar-refractivity contribution in [3.05, 3.63) is 0 Å². The molecule has 0 aromatic rings. The zero-order valence-electron chi connectivity index (χ0n) is 5.64. The summed E-state index contributed by atoms with van der Waals surface area (Å²) in [6.07, 6.45) is 0. The number of nitrogens with zero attached hydrogens (tertiary/aromatic N) is 2. The highest BCUT2D eigenvalue weighted by Crippen LogP contribution is 2.18. The van der Waals surface area contributed by atoms with Gasteiger partial charge in [0.05, 0.1) is 0 Å². The first-order valence-electron chi connectivity index (χ1n) is 2.48. The summed E-state index contributed by atoms with van der Waals surface area (Å²) in [7, 11) is -2.45. The van der Waals surface area contributed by atoms with Crippen molar-refractivity contribution < 1.29 is 14.6 Å². The molecule has 0 aliphatic carbocycles. The molecule has 0 unspecified atom stereocenters. The number of nitriles is 2. The monoisotopic (exact) mass is 175 g/mol. The predicted octanol–water partition coefficient (Wildman–Crippen LogP) is -0.475. The Bertz CT molecular complexity index is 192. The van der Waals surface area contributed by atoms with Crippen LogP contribution >= 0.6 is 8.53 Å². The Balaban J connectivity index is 3.95. The van der Waals surface area contributed by atoms with Crippen molar-refractivity contribution in [1.29, 1.82) is 10.5 Å². The first-order valence-corrected chi connectivity index (χ1v) is 3.73. The fraction of sp³-hybridized carbons (Fsp3) is 0.500. The van der Waals surface area contributed by atoms with E-state index >= 15 is 0 Å². The van der Waals surface area contributed by atoms with E-state index in [1.54, 1.807) is 5.25 Å². The van der Waals surface area contributed by atoms with E-state index in [0.29, 0.717) is 0 Å². The predicted molar refractivity (Wildman–Crippen MR) is 35.2 cm³/mol. The van der Waals surface area contributed by atoms with E-state index in [9.17, 15) is 0 Å². The molecule has 0 fully saturated rings. The highest BCUT2D eigenvalue weighted by Gasteiger charge is 2.25. The van der Waals surface area contributed by atoms with E-state index < -0.39 is 14.1 Å². The van der Waals surface area contributed by atoms with Crippen LogP contribution in [0.25, 0.3) is 0 Å². The maximum atomic E-state index is 8.30. The summed E-state index contributed by atoms with van der Waals surface area (Å²) < 4.78 is 0. The lowest BCUT2D eigenvalue weighted by Crippen LogP contribution is -2.29. The van der Waals surface area contributed by atoms with Crippen molar-refractivity contribution in [3.63, 3.8) is 0 Å². The van der Waals surface area contributed by atoms with E-state index in [1.165, 1.54) is 19.1 Å². The van der Waals surface area contributed by atoms with Gasteiger partial charge in [0.2, 0.25) is 0 Å². The molecule has 0 spiro atoms. The van der Waals surface area contributed by atoms with Gasteiger partial charge in [0.15, 0.2) is 0 Å². The maximum Gasteiger partial charge on any atom is 0.275 e. The lowest BCUT2D eigenvalue weighted by Gasteiger charge is -2.13. The van der Waals surface area contributed by atoms with Crippen molar-refractivity contribution in [3.8, 4) is 12.1 Å². The molecule has 6 nitrogen and oxygen atoms in total. The van der Waals surface area contributed by atoms with Gasteiger partial charge in [-0.05, 0) is 6.92 Å². The van der Waals surface area contributed by atoms with Crippen LogP contribution in [0.4, 0.5) is 0 Å². The number of hydrogen-bond donors (Lipinski definition) is 3. The SMILES string of the molecule is CC(C#N)(C#N)ONP(O)O. The molecule has 0 saturated carbocycles. The van der Waals surface area contributed by atoms with E-state index in [-0.39, 0.29) is 0 Å². The van der Waals surface area contributed by atoms with Crippen LogP contribution in [0, 0.1) is 22.7 Å². The average Bonchev–Trinajstić information content (AvgIpc) is 2.00. The summed E-state index contributed by atoms with van der Waals surface area (Å²) in [4.78, 5) is 20.9. The summed E-state index contributed by atoms with van der Waals surface area (Å²) in [5.41, 5.74) is -1.69. The third-order valence-electron chi connectivity index (χ3n) is 0.758. The Morgan fingerprint density at radius 3 is 2.18 bits per heavy atom. The molecular weight excluding hydrogens is 169 g/mol. The van der Waals surface area contributed by atoms with Crippen LogP contribution in [0.5, 0.6) is 0 Å². The fourth-order valence-electron chi connectivity index (χ4n) is 0.203. The summed E-state index contributed by atoms with van der Waals surface area (Å²) >= 11 is 0. The molecule has 0 bridgehead atoms. The summed E-state index contributed by atoms with van der Waals surface area (Å²) in [6.45, 7) is 1.19. The molecule has 0 aliphatic heterocycles. The second-order valence-electron chi connectivity index (χ2n) is 1.74. The molecule has 0 aromatic heterocycles. The lowest BCUT2D eigenvalue weighted by molar-refractivity contribution is 0.00862. The fourth-order valence-corrected chi connectivity index (χ4v) is 0.467. The maximum absolute atomic E-state index is 8.30. The molecule has 7 heteroatoms. The summed E-state index contributed by atoms with van der Waals surface area (Å²) in [5, 5.41) is 18.3. The molecule has 0 rings (SSSR count). The van der Waals surface area contributed by atoms with Gasteiger partial charge < -0.3 is 9.79 Å². The Kier molecular flexibility index (Phi) is 3.91. The van der Waals surface area contributed by atoms with Gasteiger partial charge in [0.25, 0.3) is 14.1 Å². The molecule has 0 heterocycles. The quantitative estimate of drug-likeness (QED) is 0.395. The average molecular weight is 175 g/mol. The first kappa shape index (κ1) is 10.2. The number of nitrogens with one attached hydrogen (secondary N) is 1. The van der Waals surface area contributed by atoms with Gasteiger partial charge in [0, 0.05) is 0 Å². The molecule has 0 radical (unpaired) electrons. The van der Waals surface area contributed by atoms with E-state index in [0.717, 1.165) is 0 Å². The van der Waals surface area contributed by atoms with Gasteiger partial charge >= 0.3 is 0 Å². The van der Waals surface area contributed by atoms with Gasteiger partial charge in [-0.1, -0.05) is 0 Å². The van der Waals surface area contributed by atoms with Gasteiger partial charge in [-0.25, -0.2) is 0 Å². The molecule has 0 aliphatic rings. The molecular formula is C4H6N3O3P. The third kappa shape index (κ3) is 3.84. The van der Waals surface area contributed by atoms with E-state index in [1.807, 2.05) is 0 Å². The lowest BCUT2D eigenvalue weighted by atomic mass is 10.2. The zero-order chi connectivity index (χ0) is 8.91. The summed E-state index contributed by atoms with van der Waals surface area (Å²) in [6, 6.07) is 3.05.